The number of hydrogen-bond acceptors (Lipinski definition) is 4. The van der Waals surface area contributed by atoms with Crippen molar-refractivity contribution in [1.29, 1.82) is 0 Å². The molecule has 0 fully saturated rings. The minimum absolute atomic E-state index is 0.0651. The molecule has 0 aliphatic carbocycles. The number of carbonyl (C=O) groups excluding carboxylic acids is 2. The third kappa shape index (κ3) is 6.74. The molecule has 0 atom stereocenters. The van der Waals surface area contributed by atoms with Crippen molar-refractivity contribution in [2.75, 3.05) is 18.4 Å². The molecule has 1 aromatic heterocycles. The van der Waals surface area contributed by atoms with Crippen molar-refractivity contribution in [3.63, 3.8) is 0 Å². The van der Waals surface area contributed by atoms with Crippen molar-refractivity contribution in [1.82, 2.24) is 15.6 Å². The minimum atomic E-state index is -0.362. The zero-order valence-corrected chi connectivity index (χ0v) is 13.1. The second-order valence-electron chi connectivity index (χ2n) is 5.82. The first kappa shape index (κ1) is 16.9. The van der Waals surface area contributed by atoms with Crippen LogP contribution in [0.5, 0.6) is 0 Å². The Morgan fingerprint density at radius 2 is 1.95 bits per heavy atom. The molecule has 0 saturated heterocycles. The predicted octanol–water partition coefficient (Wildman–Crippen LogP) is 1.55. The standard InChI is InChI=1S/C15H24N4O2/c1-5-9-16-12-8-6-7-11(18-12)14(21)17-10-13(20)19-15(2,3)4/h6-8H,5,9-10H2,1-4H3,(H,16,18)(H,17,21)(H,19,20). The maximum Gasteiger partial charge on any atom is 0.270 e. The maximum absolute atomic E-state index is 12.0. The van der Waals surface area contributed by atoms with E-state index in [0.29, 0.717) is 11.5 Å². The maximum atomic E-state index is 12.0. The number of amides is 2. The lowest BCUT2D eigenvalue weighted by molar-refractivity contribution is -0.121. The third-order valence-electron chi connectivity index (χ3n) is 2.46. The van der Waals surface area contributed by atoms with Gasteiger partial charge in [0, 0.05) is 12.1 Å². The molecule has 6 heteroatoms. The van der Waals surface area contributed by atoms with E-state index in [1.165, 1.54) is 0 Å². The highest BCUT2D eigenvalue weighted by molar-refractivity contribution is 5.95. The molecule has 1 heterocycles. The molecule has 116 valence electrons. The van der Waals surface area contributed by atoms with Gasteiger partial charge in [0.25, 0.3) is 5.91 Å². The molecule has 3 N–H and O–H groups in total. The fourth-order valence-corrected chi connectivity index (χ4v) is 1.63. The van der Waals surface area contributed by atoms with Crippen LogP contribution in [0.3, 0.4) is 0 Å². The van der Waals surface area contributed by atoms with Crippen molar-refractivity contribution in [3.8, 4) is 0 Å². The molecule has 0 aliphatic heterocycles. The summed E-state index contributed by atoms with van der Waals surface area (Å²) in [6, 6.07) is 5.18. The van der Waals surface area contributed by atoms with Crippen LogP contribution in [-0.2, 0) is 4.79 Å². The van der Waals surface area contributed by atoms with Gasteiger partial charge in [-0.05, 0) is 39.3 Å². The highest BCUT2D eigenvalue weighted by Crippen LogP contribution is 2.05. The number of pyridine rings is 1. The molecular weight excluding hydrogens is 268 g/mol. The van der Waals surface area contributed by atoms with Crippen LogP contribution in [0.15, 0.2) is 18.2 Å². The Kier molecular flexibility index (Phi) is 6.14. The van der Waals surface area contributed by atoms with Crippen LogP contribution in [0.1, 0.15) is 44.6 Å². The second-order valence-corrected chi connectivity index (χ2v) is 5.82. The first-order chi connectivity index (χ1) is 9.81. The highest BCUT2D eigenvalue weighted by Gasteiger charge is 2.15. The molecule has 0 bridgehead atoms. The van der Waals surface area contributed by atoms with Gasteiger partial charge < -0.3 is 16.0 Å². The topological polar surface area (TPSA) is 83.1 Å². The van der Waals surface area contributed by atoms with Gasteiger partial charge >= 0.3 is 0 Å². The fourth-order valence-electron chi connectivity index (χ4n) is 1.63. The molecule has 0 saturated carbocycles. The molecule has 1 aromatic rings. The molecule has 0 aromatic carbocycles. The van der Waals surface area contributed by atoms with Gasteiger partial charge in [-0.2, -0.15) is 0 Å². The van der Waals surface area contributed by atoms with Crippen LogP contribution in [0.4, 0.5) is 5.82 Å². The lowest BCUT2D eigenvalue weighted by atomic mass is 10.1. The van der Waals surface area contributed by atoms with E-state index in [0.717, 1.165) is 13.0 Å². The molecule has 1 rings (SSSR count). The normalized spacial score (nSPS) is 10.9. The monoisotopic (exact) mass is 292 g/mol. The quantitative estimate of drug-likeness (QED) is 0.743. The first-order valence-corrected chi connectivity index (χ1v) is 7.12. The Hall–Kier alpha value is -2.11. The zero-order chi connectivity index (χ0) is 15.9. The van der Waals surface area contributed by atoms with Crippen LogP contribution < -0.4 is 16.0 Å². The van der Waals surface area contributed by atoms with Crippen LogP contribution in [-0.4, -0.2) is 35.4 Å². The predicted molar refractivity (Wildman–Crippen MR) is 83.2 cm³/mol. The van der Waals surface area contributed by atoms with E-state index in [1.54, 1.807) is 18.2 Å². The molecule has 0 aliphatic rings. The van der Waals surface area contributed by atoms with Gasteiger partial charge in [-0.1, -0.05) is 13.0 Å². The smallest absolute Gasteiger partial charge is 0.270 e. The number of aromatic nitrogens is 1. The van der Waals surface area contributed by atoms with Crippen molar-refractivity contribution >= 4 is 17.6 Å². The number of carbonyl (C=O) groups is 2. The molecule has 2 amide bonds. The van der Waals surface area contributed by atoms with Gasteiger partial charge in [0.2, 0.25) is 5.91 Å². The molecular formula is C15H24N4O2. The summed E-state index contributed by atoms with van der Waals surface area (Å²) >= 11 is 0. The number of anilines is 1. The van der Waals surface area contributed by atoms with Gasteiger partial charge in [-0.3, -0.25) is 9.59 Å². The van der Waals surface area contributed by atoms with Gasteiger partial charge in [0.05, 0.1) is 6.54 Å². The van der Waals surface area contributed by atoms with E-state index >= 15 is 0 Å². The molecule has 6 nitrogen and oxygen atoms in total. The van der Waals surface area contributed by atoms with Crippen molar-refractivity contribution < 1.29 is 9.59 Å². The fraction of sp³-hybridized carbons (Fsp3) is 0.533. The number of rotatable bonds is 6. The van der Waals surface area contributed by atoms with Gasteiger partial charge in [0.1, 0.15) is 11.5 Å². The Labute approximate surface area is 125 Å². The van der Waals surface area contributed by atoms with E-state index in [1.807, 2.05) is 20.8 Å². The molecule has 0 radical (unpaired) electrons. The summed E-state index contributed by atoms with van der Waals surface area (Å²) in [5.41, 5.74) is -0.0241. The lowest BCUT2D eigenvalue weighted by Crippen LogP contribution is -2.45. The Bertz CT molecular complexity index is 495. The average Bonchev–Trinajstić information content (AvgIpc) is 2.41. The second kappa shape index (κ2) is 7.61. The number of nitrogens with zero attached hydrogens (tertiary/aromatic N) is 1. The summed E-state index contributed by atoms with van der Waals surface area (Å²) in [6.45, 7) is 8.44. The zero-order valence-electron chi connectivity index (χ0n) is 13.1. The molecule has 0 spiro atoms. The van der Waals surface area contributed by atoms with Gasteiger partial charge in [-0.15, -0.1) is 0 Å². The summed E-state index contributed by atoms with van der Waals surface area (Å²) in [5, 5.41) is 8.46. The summed E-state index contributed by atoms with van der Waals surface area (Å²) in [5.74, 6) is 0.0685. The minimum Gasteiger partial charge on any atom is -0.370 e. The molecule has 0 unspecified atom stereocenters. The Morgan fingerprint density at radius 3 is 2.57 bits per heavy atom. The average molecular weight is 292 g/mol. The summed E-state index contributed by atoms with van der Waals surface area (Å²) < 4.78 is 0. The third-order valence-corrected chi connectivity index (χ3v) is 2.46. The van der Waals surface area contributed by atoms with Crippen LogP contribution in [0, 0.1) is 0 Å². The Balaban J connectivity index is 2.54. The van der Waals surface area contributed by atoms with Crippen LogP contribution in [0.25, 0.3) is 0 Å². The SMILES string of the molecule is CCCNc1cccc(C(=O)NCC(=O)NC(C)(C)C)n1. The molecule has 21 heavy (non-hydrogen) atoms. The van der Waals surface area contributed by atoms with E-state index in [-0.39, 0.29) is 23.9 Å². The summed E-state index contributed by atoms with van der Waals surface area (Å²) in [7, 11) is 0. The lowest BCUT2D eigenvalue weighted by Gasteiger charge is -2.20. The van der Waals surface area contributed by atoms with Crippen molar-refractivity contribution in [2.45, 2.75) is 39.7 Å². The van der Waals surface area contributed by atoms with Crippen molar-refractivity contribution in [2.24, 2.45) is 0 Å². The summed E-state index contributed by atoms with van der Waals surface area (Å²) in [6.07, 6.45) is 0.977. The van der Waals surface area contributed by atoms with E-state index in [2.05, 4.69) is 27.9 Å². The summed E-state index contributed by atoms with van der Waals surface area (Å²) in [4.78, 5) is 27.8. The van der Waals surface area contributed by atoms with Crippen LogP contribution >= 0.6 is 0 Å². The Morgan fingerprint density at radius 1 is 1.24 bits per heavy atom. The highest BCUT2D eigenvalue weighted by atomic mass is 16.2. The van der Waals surface area contributed by atoms with Gasteiger partial charge in [-0.25, -0.2) is 4.98 Å². The van der Waals surface area contributed by atoms with E-state index in [4.69, 9.17) is 0 Å². The van der Waals surface area contributed by atoms with E-state index < -0.39 is 0 Å². The number of nitrogens with one attached hydrogen (secondary N) is 3. The van der Waals surface area contributed by atoms with Crippen LogP contribution in [0.2, 0.25) is 0 Å². The van der Waals surface area contributed by atoms with E-state index in [9.17, 15) is 9.59 Å². The first-order valence-electron chi connectivity index (χ1n) is 7.12. The van der Waals surface area contributed by atoms with Gasteiger partial charge in [0.15, 0.2) is 0 Å². The largest absolute Gasteiger partial charge is 0.370 e. The van der Waals surface area contributed by atoms with Crippen molar-refractivity contribution in [3.05, 3.63) is 23.9 Å². The number of hydrogen-bond donors (Lipinski definition) is 3.